The summed E-state index contributed by atoms with van der Waals surface area (Å²) in [4.78, 5) is 28.4. The lowest BCUT2D eigenvalue weighted by molar-refractivity contribution is -0.114. The van der Waals surface area contributed by atoms with Crippen molar-refractivity contribution in [1.82, 2.24) is 4.73 Å². The molecule has 154 valence electrons. The van der Waals surface area contributed by atoms with Gasteiger partial charge in [-0.05, 0) is 41.3 Å². The van der Waals surface area contributed by atoms with Crippen molar-refractivity contribution in [2.45, 2.75) is 19.8 Å². The molecule has 8 nitrogen and oxygen atoms in total. The molecule has 0 saturated carbocycles. The van der Waals surface area contributed by atoms with Gasteiger partial charge < -0.3 is 20.3 Å². The number of amides is 1. The van der Waals surface area contributed by atoms with Crippen LogP contribution < -0.4 is 10.2 Å². The third-order valence-corrected chi connectivity index (χ3v) is 4.95. The number of hydrogen-bond donors (Lipinski definition) is 3. The Morgan fingerprint density at radius 3 is 2.30 bits per heavy atom. The summed E-state index contributed by atoms with van der Waals surface area (Å²) in [6, 6.07) is 14.1. The van der Waals surface area contributed by atoms with Crippen molar-refractivity contribution in [1.29, 1.82) is 0 Å². The van der Waals surface area contributed by atoms with Gasteiger partial charge in [0.2, 0.25) is 17.7 Å². The van der Waals surface area contributed by atoms with Gasteiger partial charge in [0, 0.05) is 30.7 Å². The predicted octanol–water partition coefficient (Wildman–Crippen LogP) is 3.54. The first-order chi connectivity index (χ1) is 14.3. The number of nitrogens with zero attached hydrogens (tertiary/aromatic N) is 1. The van der Waals surface area contributed by atoms with Crippen LogP contribution in [0.3, 0.4) is 0 Å². The zero-order valence-corrected chi connectivity index (χ0v) is 16.4. The van der Waals surface area contributed by atoms with E-state index in [1.807, 2.05) is 43.3 Å². The first-order valence-corrected chi connectivity index (χ1v) is 9.30. The Kier molecular flexibility index (Phi) is 4.83. The predicted molar refractivity (Wildman–Crippen MR) is 108 cm³/mol. The van der Waals surface area contributed by atoms with E-state index < -0.39 is 17.9 Å². The highest BCUT2D eigenvalue weighted by molar-refractivity contribution is 5.90. The van der Waals surface area contributed by atoms with Crippen LogP contribution in [0.15, 0.2) is 48.5 Å². The number of anilines is 1. The smallest absolute Gasteiger partial charge is 0.492 e. The molecule has 1 aromatic heterocycles. The molecular formula is C22H20N2O6. The summed E-state index contributed by atoms with van der Waals surface area (Å²) in [6.07, 6.45) is -1.07. The molecule has 30 heavy (non-hydrogen) atoms. The number of hydrogen-bond acceptors (Lipinski definition) is 6. The van der Waals surface area contributed by atoms with Gasteiger partial charge in [0.25, 0.3) is 0 Å². The van der Waals surface area contributed by atoms with Crippen molar-refractivity contribution < 1.29 is 29.4 Å². The number of carbonyl (C=O) groups is 2. The minimum atomic E-state index is -1.07. The van der Waals surface area contributed by atoms with Gasteiger partial charge in [0.05, 0.1) is 0 Å². The van der Waals surface area contributed by atoms with E-state index in [0.717, 1.165) is 27.8 Å². The number of ether oxygens (including phenoxy) is 1. The monoisotopic (exact) mass is 408 g/mol. The van der Waals surface area contributed by atoms with Crippen LogP contribution in [0.4, 0.5) is 10.5 Å². The van der Waals surface area contributed by atoms with Gasteiger partial charge in [-0.1, -0.05) is 29.8 Å². The molecule has 0 aliphatic heterocycles. The van der Waals surface area contributed by atoms with Gasteiger partial charge in [-0.2, -0.15) is 0 Å². The Morgan fingerprint density at radius 2 is 1.63 bits per heavy atom. The average Bonchev–Trinajstić information content (AvgIpc) is 3.16. The fourth-order valence-corrected chi connectivity index (χ4v) is 3.69. The third kappa shape index (κ3) is 3.55. The van der Waals surface area contributed by atoms with Crippen molar-refractivity contribution in [2.24, 2.45) is 0 Å². The lowest BCUT2D eigenvalue weighted by atomic mass is 9.96. The van der Waals surface area contributed by atoms with Gasteiger partial charge in [0.15, 0.2) is 0 Å². The summed E-state index contributed by atoms with van der Waals surface area (Å²) < 4.78 is 5.86. The van der Waals surface area contributed by atoms with E-state index in [4.69, 9.17) is 9.57 Å². The molecule has 1 amide bonds. The van der Waals surface area contributed by atoms with Gasteiger partial charge in [-0.3, -0.25) is 9.63 Å². The average molecular weight is 408 g/mol. The van der Waals surface area contributed by atoms with Crippen LogP contribution in [0.25, 0.3) is 11.1 Å². The molecule has 1 unspecified atom stereocenters. The molecule has 1 atom stereocenters. The highest BCUT2D eigenvalue weighted by Crippen LogP contribution is 2.46. The van der Waals surface area contributed by atoms with Crippen molar-refractivity contribution in [3.63, 3.8) is 0 Å². The van der Waals surface area contributed by atoms with Gasteiger partial charge in [-0.25, -0.2) is 4.79 Å². The first-order valence-electron chi connectivity index (χ1n) is 9.30. The number of fused-ring (bicyclic) bond motifs is 3. The van der Waals surface area contributed by atoms with E-state index in [1.165, 1.54) is 19.1 Å². The summed E-state index contributed by atoms with van der Waals surface area (Å²) in [5.41, 5.74) is 5.68. The van der Waals surface area contributed by atoms with Crippen LogP contribution >= 0.6 is 0 Å². The maximum atomic E-state index is 12.1. The highest BCUT2D eigenvalue weighted by atomic mass is 16.8. The van der Waals surface area contributed by atoms with Gasteiger partial charge in [-0.15, -0.1) is 4.73 Å². The molecule has 0 saturated heterocycles. The molecule has 0 bridgehead atoms. The standard InChI is InChI=1S/C22H20N2O6/c1-12-3-5-15-16-6-4-14(23-13(2)25)10-18(16)19(17(15)9-12)11-29-22(28)30-24-20(26)7-8-21(24)27/h3-10,19,26-27H,11H2,1-2H3,(H,23,25). The number of aromatic hydroxyl groups is 2. The van der Waals surface area contributed by atoms with E-state index in [0.29, 0.717) is 10.4 Å². The van der Waals surface area contributed by atoms with Crippen molar-refractivity contribution in [3.8, 4) is 22.9 Å². The second-order valence-corrected chi connectivity index (χ2v) is 7.12. The fourth-order valence-electron chi connectivity index (χ4n) is 3.69. The van der Waals surface area contributed by atoms with Crippen molar-refractivity contribution in [2.75, 3.05) is 11.9 Å². The lowest BCUT2D eigenvalue weighted by Crippen LogP contribution is -2.22. The van der Waals surface area contributed by atoms with Crippen molar-refractivity contribution >= 4 is 17.7 Å². The van der Waals surface area contributed by atoms with Crippen molar-refractivity contribution in [3.05, 3.63) is 65.2 Å². The van der Waals surface area contributed by atoms with E-state index in [1.54, 1.807) is 0 Å². The summed E-state index contributed by atoms with van der Waals surface area (Å²) in [5, 5.41) is 21.9. The van der Waals surface area contributed by atoms with Gasteiger partial charge in [0.1, 0.15) is 6.61 Å². The Bertz CT molecular complexity index is 1130. The van der Waals surface area contributed by atoms with Crippen LogP contribution in [0.5, 0.6) is 11.8 Å². The van der Waals surface area contributed by atoms with Crippen LogP contribution in [-0.2, 0) is 9.53 Å². The van der Waals surface area contributed by atoms with Crippen LogP contribution in [0.1, 0.15) is 29.5 Å². The molecule has 1 heterocycles. The second-order valence-electron chi connectivity index (χ2n) is 7.12. The second kappa shape index (κ2) is 7.47. The molecule has 2 aromatic carbocycles. The van der Waals surface area contributed by atoms with E-state index in [-0.39, 0.29) is 18.4 Å². The summed E-state index contributed by atoms with van der Waals surface area (Å²) in [7, 11) is 0. The quantitative estimate of drug-likeness (QED) is 0.570. The minimum absolute atomic E-state index is 0.0192. The molecule has 3 N–H and O–H groups in total. The first kappa shape index (κ1) is 19.4. The lowest BCUT2D eigenvalue weighted by Gasteiger charge is -2.15. The Labute approximate surface area is 172 Å². The number of rotatable bonds is 4. The fraction of sp³-hybridized carbons (Fsp3) is 0.182. The Morgan fingerprint density at radius 1 is 1.00 bits per heavy atom. The molecule has 0 radical (unpaired) electrons. The molecule has 8 heteroatoms. The third-order valence-electron chi connectivity index (χ3n) is 4.95. The molecule has 4 rings (SSSR count). The Balaban J connectivity index is 1.60. The maximum absolute atomic E-state index is 12.1. The normalized spacial score (nSPS) is 14.0. The SMILES string of the molecule is CC(=O)Nc1ccc2c(c1)C(COC(=O)On1c(O)ccc1O)c1cc(C)ccc1-2. The zero-order chi connectivity index (χ0) is 21.4. The van der Waals surface area contributed by atoms with Crippen LogP contribution in [0, 0.1) is 6.92 Å². The summed E-state index contributed by atoms with van der Waals surface area (Å²) in [5.74, 6) is -1.31. The van der Waals surface area contributed by atoms with Crippen LogP contribution in [0.2, 0.25) is 0 Å². The topological polar surface area (TPSA) is 110 Å². The highest BCUT2D eigenvalue weighted by Gasteiger charge is 2.30. The van der Waals surface area contributed by atoms with Crippen LogP contribution in [-0.4, -0.2) is 33.6 Å². The van der Waals surface area contributed by atoms with E-state index in [2.05, 4.69) is 5.32 Å². The van der Waals surface area contributed by atoms with Gasteiger partial charge >= 0.3 is 6.16 Å². The molecule has 0 fully saturated rings. The molecule has 0 spiro atoms. The number of nitrogens with one attached hydrogen (secondary N) is 1. The Hall–Kier alpha value is -3.94. The summed E-state index contributed by atoms with van der Waals surface area (Å²) in [6.45, 7) is 3.40. The molecule has 1 aliphatic carbocycles. The van der Waals surface area contributed by atoms with E-state index in [9.17, 15) is 19.8 Å². The molecular weight excluding hydrogens is 388 g/mol. The maximum Gasteiger partial charge on any atom is 0.534 e. The zero-order valence-electron chi connectivity index (χ0n) is 16.4. The number of carbonyl (C=O) groups excluding carboxylic acids is 2. The number of aryl methyl sites for hydroxylation is 1. The number of aromatic nitrogens is 1. The van der Waals surface area contributed by atoms with E-state index >= 15 is 0 Å². The minimum Gasteiger partial charge on any atom is -0.492 e. The molecule has 1 aliphatic rings. The largest absolute Gasteiger partial charge is 0.534 e. The number of benzene rings is 2. The molecule has 3 aromatic rings. The summed E-state index contributed by atoms with van der Waals surface area (Å²) >= 11 is 0.